The summed E-state index contributed by atoms with van der Waals surface area (Å²) in [5, 5.41) is 5.91. The number of aromatic nitrogens is 2. The van der Waals surface area contributed by atoms with E-state index in [9.17, 15) is 14.4 Å². The standard InChI is InChI=1S/C19H18N4O3/c1-22-12-16(18(25)23(2)19(22)26)17(24)21-15-10-8-14(9-11-15)20-13-6-4-3-5-7-13/h3-12,20H,1-2H3,(H,21,24). The third-order valence-corrected chi connectivity index (χ3v) is 3.90. The monoisotopic (exact) mass is 350 g/mol. The number of nitrogens with zero attached hydrogens (tertiary/aromatic N) is 2. The fourth-order valence-electron chi connectivity index (χ4n) is 2.49. The quantitative estimate of drug-likeness (QED) is 0.754. The van der Waals surface area contributed by atoms with E-state index in [0.717, 1.165) is 15.9 Å². The van der Waals surface area contributed by atoms with E-state index in [1.165, 1.54) is 24.9 Å². The summed E-state index contributed by atoms with van der Waals surface area (Å²) in [7, 11) is 2.83. The van der Waals surface area contributed by atoms with Crippen LogP contribution in [0.2, 0.25) is 0 Å². The SMILES string of the molecule is Cn1cc(C(=O)Nc2ccc(Nc3ccccc3)cc2)c(=O)n(C)c1=O. The predicted octanol–water partition coefficient (Wildman–Crippen LogP) is 2.08. The van der Waals surface area contributed by atoms with Crippen molar-refractivity contribution >= 4 is 23.0 Å². The molecule has 0 saturated carbocycles. The highest BCUT2D eigenvalue weighted by Gasteiger charge is 2.14. The molecule has 1 amide bonds. The van der Waals surface area contributed by atoms with Gasteiger partial charge in [0.1, 0.15) is 5.56 Å². The van der Waals surface area contributed by atoms with E-state index in [-0.39, 0.29) is 5.56 Å². The van der Waals surface area contributed by atoms with Crippen LogP contribution in [-0.4, -0.2) is 15.0 Å². The molecule has 0 aliphatic heterocycles. The molecular weight excluding hydrogens is 332 g/mol. The van der Waals surface area contributed by atoms with Gasteiger partial charge in [-0.05, 0) is 36.4 Å². The number of aryl methyl sites for hydroxylation is 1. The molecule has 0 unspecified atom stereocenters. The van der Waals surface area contributed by atoms with Crippen molar-refractivity contribution in [2.24, 2.45) is 14.1 Å². The molecule has 7 nitrogen and oxygen atoms in total. The van der Waals surface area contributed by atoms with Gasteiger partial charge in [-0.1, -0.05) is 18.2 Å². The van der Waals surface area contributed by atoms with E-state index in [0.29, 0.717) is 5.69 Å². The van der Waals surface area contributed by atoms with Crippen LogP contribution >= 0.6 is 0 Å². The molecule has 1 heterocycles. The number of carbonyl (C=O) groups is 1. The maximum atomic E-state index is 12.4. The molecule has 0 aliphatic carbocycles. The largest absolute Gasteiger partial charge is 0.356 e. The summed E-state index contributed by atoms with van der Waals surface area (Å²) in [4.78, 5) is 36.2. The average molecular weight is 350 g/mol. The minimum atomic E-state index is -0.632. The smallest absolute Gasteiger partial charge is 0.330 e. The first kappa shape index (κ1) is 17.2. The lowest BCUT2D eigenvalue weighted by atomic mass is 10.2. The molecule has 0 bridgehead atoms. The molecule has 0 aliphatic rings. The first-order valence-electron chi connectivity index (χ1n) is 7.96. The zero-order chi connectivity index (χ0) is 18.7. The Labute approximate surface area is 149 Å². The Balaban J connectivity index is 1.76. The molecule has 7 heteroatoms. The van der Waals surface area contributed by atoms with Crippen molar-refractivity contribution in [3.05, 3.63) is 87.2 Å². The maximum absolute atomic E-state index is 12.4. The van der Waals surface area contributed by atoms with Crippen molar-refractivity contribution in [2.75, 3.05) is 10.6 Å². The Hall–Kier alpha value is -3.61. The van der Waals surface area contributed by atoms with Crippen molar-refractivity contribution in [2.45, 2.75) is 0 Å². The number of rotatable bonds is 4. The lowest BCUT2D eigenvalue weighted by Crippen LogP contribution is -2.40. The summed E-state index contributed by atoms with van der Waals surface area (Å²) in [6.07, 6.45) is 1.24. The van der Waals surface area contributed by atoms with Gasteiger partial charge >= 0.3 is 5.69 Å². The Morgan fingerprint density at radius 2 is 1.42 bits per heavy atom. The van der Waals surface area contributed by atoms with Gasteiger partial charge in [-0.15, -0.1) is 0 Å². The molecule has 1 aromatic heterocycles. The van der Waals surface area contributed by atoms with Crippen LogP contribution in [-0.2, 0) is 14.1 Å². The van der Waals surface area contributed by atoms with Gasteiger partial charge in [0.15, 0.2) is 0 Å². The first-order chi connectivity index (χ1) is 12.5. The van der Waals surface area contributed by atoms with Gasteiger partial charge in [-0.25, -0.2) is 4.79 Å². The Morgan fingerprint density at radius 1 is 0.846 bits per heavy atom. The third kappa shape index (κ3) is 3.56. The summed E-state index contributed by atoms with van der Waals surface area (Å²) in [5.74, 6) is -0.565. The van der Waals surface area contributed by atoms with Crippen molar-refractivity contribution in [3.8, 4) is 0 Å². The van der Waals surface area contributed by atoms with Gasteiger partial charge in [0, 0.05) is 37.4 Å². The van der Waals surface area contributed by atoms with E-state index in [4.69, 9.17) is 0 Å². The second kappa shape index (κ2) is 7.10. The molecule has 132 valence electrons. The van der Waals surface area contributed by atoms with Crippen molar-refractivity contribution in [3.63, 3.8) is 0 Å². The van der Waals surface area contributed by atoms with Gasteiger partial charge in [0.2, 0.25) is 0 Å². The van der Waals surface area contributed by atoms with Gasteiger partial charge in [-0.2, -0.15) is 0 Å². The van der Waals surface area contributed by atoms with E-state index in [2.05, 4.69) is 10.6 Å². The lowest BCUT2D eigenvalue weighted by molar-refractivity contribution is 0.102. The number of hydrogen-bond donors (Lipinski definition) is 2. The van der Waals surface area contributed by atoms with E-state index >= 15 is 0 Å². The number of anilines is 3. The normalized spacial score (nSPS) is 10.4. The Kier molecular flexibility index (Phi) is 4.70. The van der Waals surface area contributed by atoms with Gasteiger partial charge in [-0.3, -0.25) is 14.2 Å². The van der Waals surface area contributed by atoms with Crippen LogP contribution < -0.4 is 21.9 Å². The van der Waals surface area contributed by atoms with Crippen LogP contribution in [0.4, 0.5) is 17.1 Å². The second-order valence-corrected chi connectivity index (χ2v) is 5.82. The van der Waals surface area contributed by atoms with Crippen LogP contribution in [0.3, 0.4) is 0 Å². The molecule has 2 N–H and O–H groups in total. The molecule has 3 rings (SSSR count). The minimum Gasteiger partial charge on any atom is -0.356 e. The number of hydrogen-bond acceptors (Lipinski definition) is 4. The molecule has 0 saturated heterocycles. The topological polar surface area (TPSA) is 85.1 Å². The van der Waals surface area contributed by atoms with Crippen LogP contribution in [0.25, 0.3) is 0 Å². The molecular formula is C19H18N4O3. The summed E-state index contributed by atoms with van der Waals surface area (Å²) in [6.45, 7) is 0. The molecule has 0 fully saturated rings. The maximum Gasteiger partial charge on any atom is 0.330 e. The molecule has 0 atom stereocenters. The molecule has 2 aromatic carbocycles. The van der Waals surface area contributed by atoms with Crippen LogP contribution in [0.15, 0.2) is 70.4 Å². The number of benzene rings is 2. The highest BCUT2D eigenvalue weighted by Crippen LogP contribution is 2.18. The molecule has 0 spiro atoms. The van der Waals surface area contributed by atoms with Gasteiger partial charge in [0.25, 0.3) is 11.5 Å². The second-order valence-electron chi connectivity index (χ2n) is 5.82. The van der Waals surface area contributed by atoms with Gasteiger partial charge < -0.3 is 15.2 Å². The zero-order valence-corrected chi connectivity index (χ0v) is 14.4. The fraction of sp³-hybridized carbons (Fsp3) is 0.105. The highest BCUT2D eigenvalue weighted by molar-refractivity contribution is 6.03. The fourth-order valence-corrected chi connectivity index (χ4v) is 2.49. The third-order valence-electron chi connectivity index (χ3n) is 3.90. The van der Waals surface area contributed by atoms with Crippen molar-refractivity contribution in [1.29, 1.82) is 0 Å². The summed E-state index contributed by atoms with van der Waals surface area (Å²) in [6, 6.07) is 16.8. The Bertz CT molecular complexity index is 1050. The predicted molar refractivity (Wildman–Crippen MR) is 101 cm³/mol. The number of amides is 1. The van der Waals surface area contributed by atoms with Crippen LogP contribution in [0.1, 0.15) is 10.4 Å². The summed E-state index contributed by atoms with van der Waals surface area (Å²) in [5.41, 5.74) is 1.16. The number of carbonyl (C=O) groups excluding carboxylic acids is 1. The summed E-state index contributed by atoms with van der Waals surface area (Å²) < 4.78 is 2.10. The molecule has 3 aromatic rings. The number of nitrogens with one attached hydrogen (secondary N) is 2. The summed E-state index contributed by atoms with van der Waals surface area (Å²) >= 11 is 0. The van der Waals surface area contributed by atoms with E-state index in [1.807, 2.05) is 42.5 Å². The van der Waals surface area contributed by atoms with E-state index in [1.54, 1.807) is 12.1 Å². The zero-order valence-electron chi connectivity index (χ0n) is 14.4. The van der Waals surface area contributed by atoms with Crippen molar-refractivity contribution in [1.82, 2.24) is 9.13 Å². The minimum absolute atomic E-state index is 0.0962. The van der Waals surface area contributed by atoms with E-state index < -0.39 is 17.2 Å². The molecule has 0 radical (unpaired) electrons. The van der Waals surface area contributed by atoms with Crippen LogP contribution in [0.5, 0.6) is 0 Å². The van der Waals surface area contributed by atoms with Crippen LogP contribution in [0, 0.1) is 0 Å². The molecule has 26 heavy (non-hydrogen) atoms. The lowest BCUT2D eigenvalue weighted by Gasteiger charge is -2.09. The van der Waals surface area contributed by atoms with Crippen molar-refractivity contribution < 1.29 is 4.79 Å². The highest BCUT2D eigenvalue weighted by atomic mass is 16.2. The first-order valence-corrected chi connectivity index (χ1v) is 7.96. The van der Waals surface area contributed by atoms with Gasteiger partial charge in [0.05, 0.1) is 0 Å². The Morgan fingerprint density at radius 3 is 2.08 bits per heavy atom. The number of para-hydroxylation sites is 1. The average Bonchev–Trinajstić information content (AvgIpc) is 2.65.